The maximum Gasteiger partial charge on any atom is 0.120 e. The summed E-state index contributed by atoms with van der Waals surface area (Å²) in [6.45, 7) is 0. The second kappa shape index (κ2) is 5.25. The highest BCUT2D eigenvalue weighted by molar-refractivity contribution is 9.10. The number of ether oxygens (including phenoxy) is 1. The fraction of sp³-hybridized carbons (Fsp3) is 0.143. The minimum Gasteiger partial charge on any atom is -0.497 e. The molecule has 0 aliphatic heterocycles. The van der Waals surface area contributed by atoms with Gasteiger partial charge in [0.2, 0.25) is 0 Å². The third-order valence-corrected chi connectivity index (χ3v) is 5.87. The highest BCUT2D eigenvalue weighted by Gasteiger charge is 2.16. The van der Waals surface area contributed by atoms with Gasteiger partial charge >= 0.3 is 0 Å². The average Bonchev–Trinajstić information content (AvgIpc) is 2.98. The number of hydrogen-bond acceptors (Lipinski definition) is 4. The number of fused-ring (bicyclic) bond motifs is 1. The molecule has 1 atom stereocenters. The zero-order chi connectivity index (χ0) is 13.4. The standard InChI is InChI=1S/C14H12BrNOS2/c1-17-8-2-3-9(10(15)6-8)14(16)13-7-12-11(19-13)4-5-18-12/h2-7,14H,16H2,1H3. The second-order valence-electron chi connectivity index (χ2n) is 4.16. The van der Waals surface area contributed by atoms with Gasteiger partial charge in [0.1, 0.15) is 5.75 Å². The molecule has 1 aromatic carbocycles. The van der Waals surface area contributed by atoms with E-state index < -0.39 is 0 Å². The summed E-state index contributed by atoms with van der Waals surface area (Å²) in [7, 11) is 1.66. The Hall–Kier alpha value is -0.880. The van der Waals surface area contributed by atoms with Crippen LogP contribution in [0, 0.1) is 0 Å². The molecule has 2 aromatic heterocycles. The number of hydrogen-bond donors (Lipinski definition) is 1. The Morgan fingerprint density at radius 3 is 2.74 bits per heavy atom. The molecular weight excluding hydrogens is 342 g/mol. The van der Waals surface area contributed by atoms with Crippen molar-refractivity contribution < 1.29 is 4.74 Å². The number of benzene rings is 1. The van der Waals surface area contributed by atoms with E-state index in [2.05, 4.69) is 33.4 Å². The fourth-order valence-corrected chi connectivity index (χ4v) is 4.72. The highest BCUT2D eigenvalue weighted by atomic mass is 79.9. The van der Waals surface area contributed by atoms with Crippen LogP contribution in [-0.2, 0) is 0 Å². The van der Waals surface area contributed by atoms with Crippen molar-refractivity contribution in [1.29, 1.82) is 0 Å². The third kappa shape index (κ3) is 2.43. The van der Waals surface area contributed by atoms with Crippen molar-refractivity contribution in [2.45, 2.75) is 6.04 Å². The topological polar surface area (TPSA) is 35.2 Å². The Morgan fingerprint density at radius 2 is 2.05 bits per heavy atom. The van der Waals surface area contributed by atoms with E-state index in [-0.39, 0.29) is 6.04 Å². The summed E-state index contributed by atoms with van der Waals surface area (Å²) < 4.78 is 8.80. The molecule has 0 saturated heterocycles. The lowest BCUT2D eigenvalue weighted by Crippen LogP contribution is -2.10. The van der Waals surface area contributed by atoms with Crippen LogP contribution < -0.4 is 10.5 Å². The van der Waals surface area contributed by atoms with Crippen LogP contribution in [0.25, 0.3) is 9.40 Å². The van der Waals surface area contributed by atoms with Crippen LogP contribution in [0.5, 0.6) is 5.75 Å². The Bertz CT molecular complexity index is 691. The number of halogens is 1. The maximum absolute atomic E-state index is 6.38. The summed E-state index contributed by atoms with van der Waals surface area (Å²) in [4.78, 5) is 1.19. The smallest absolute Gasteiger partial charge is 0.120 e. The van der Waals surface area contributed by atoms with Crippen molar-refractivity contribution in [2.24, 2.45) is 5.73 Å². The Morgan fingerprint density at radius 1 is 1.21 bits per heavy atom. The lowest BCUT2D eigenvalue weighted by atomic mass is 10.1. The monoisotopic (exact) mass is 353 g/mol. The van der Waals surface area contributed by atoms with Gasteiger partial charge in [-0.05, 0) is 35.2 Å². The van der Waals surface area contributed by atoms with Crippen LogP contribution in [0.15, 0.2) is 40.2 Å². The molecule has 0 amide bonds. The summed E-state index contributed by atoms with van der Waals surface area (Å²) in [5.74, 6) is 0.829. The second-order valence-corrected chi connectivity index (χ2v) is 7.08. The minimum absolute atomic E-state index is 0.107. The molecule has 3 rings (SSSR count). The zero-order valence-electron chi connectivity index (χ0n) is 10.2. The molecule has 3 aromatic rings. The number of methoxy groups -OCH3 is 1. The largest absolute Gasteiger partial charge is 0.497 e. The van der Waals surface area contributed by atoms with E-state index in [1.807, 2.05) is 18.2 Å². The van der Waals surface area contributed by atoms with Crippen LogP contribution in [0.3, 0.4) is 0 Å². The molecule has 5 heteroatoms. The quantitative estimate of drug-likeness (QED) is 0.735. The Labute approximate surface area is 128 Å². The van der Waals surface area contributed by atoms with Gasteiger partial charge in [0, 0.05) is 18.7 Å². The molecule has 0 fully saturated rings. The van der Waals surface area contributed by atoms with Crippen molar-refractivity contribution in [3.63, 3.8) is 0 Å². The minimum atomic E-state index is -0.107. The molecule has 0 bridgehead atoms. The summed E-state index contributed by atoms with van der Waals surface area (Å²) in [5.41, 5.74) is 7.45. The molecule has 1 unspecified atom stereocenters. The normalized spacial score (nSPS) is 12.8. The van der Waals surface area contributed by atoms with Crippen LogP contribution >= 0.6 is 38.6 Å². The molecule has 2 nitrogen and oxygen atoms in total. The third-order valence-electron chi connectivity index (χ3n) is 3.01. The van der Waals surface area contributed by atoms with Crippen molar-refractivity contribution in [2.75, 3.05) is 7.11 Å². The number of rotatable bonds is 3. The van der Waals surface area contributed by atoms with Crippen molar-refractivity contribution in [1.82, 2.24) is 0 Å². The van der Waals surface area contributed by atoms with E-state index in [4.69, 9.17) is 10.5 Å². The van der Waals surface area contributed by atoms with Crippen LogP contribution in [0.1, 0.15) is 16.5 Å². The lowest BCUT2D eigenvalue weighted by Gasteiger charge is -2.13. The van der Waals surface area contributed by atoms with Gasteiger partial charge in [-0.1, -0.05) is 22.0 Å². The van der Waals surface area contributed by atoms with Gasteiger partial charge in [0.05, 0.1) is 13.2 Å². The lowest BCUT2D eigenvalue weighted by molar-refractivity contribution is 0.414. The Kier molecular flexibility index (Phi) is 3.62. The molecular formula is C14H12BrNOS2. The first-order chi connectivity index (χ1) is 9.19. The zero-order valence-corrected chi connectivity index (χ0v) is 13.4. The van der Waals surface area contributed by atoms with Crippen molar-refractivity contribution in [3.8, 4) is 5.75 Å². The number of nitrogens with two attached hydrogens (primary N) is 1. The first-order valence-electron chi connectivity index (χ1n) is 5.75. The molecule has 0 aliphatic rings. The van der Waals surface area contributed by atoms with E-state index in [0.717, 1.165) is 15.8 Å². The van der Waals surface area contributed by atoms with Gasteiger partial charge in [-0.2, -0.15) is 0 Å². The summed E-state index contributed by atoms with van der Waals surface area (Å²) in [5, 5.41) is 2.11. The van der Waals surface area contributed by atoms with E-state index in [1.54, 1.807) is 29.8 Å². The van der Waals surface area contributed by atoms with E-state index in [9.17, 15) is 0 Å². The first-order valence-corrected chi connectivity index (χ1v) is 8.24. The van der Waals surface area contributed by atoms with Gasteiger partial charge in [-0.25, -0.2) is 0 Å². The van der Waals surface area contributed by atoms with Gasteiger partial charge in [-0.15, -0.1) is 22.7 Å². The van der Waals surface area contributed by atoms with Crippen LogP contribution in [-0.4, -0.2) is 7.11 Å². The molecule has 2 N–H and O–H groups in total. The summed E-state index contributed by atoms with van der Waals surface area (Å²) >= 11 is 7.08. The van der Waals surface area contributed by atoms with E-state index >= 15 is 0 Å². The molecule has 98 valence electrons. The molecule has 0 spiro atoms. The van der Waals surface area contributed by atoms with Gasteiger partial charge in [0.25, 0.3) is 0 Å². The van der Waals surface area contributed by atoms with Crippen molar-refractivity contribution >= 4 is 48.0 Å². The molecule has 0 aliphatic carbocycles. The predicted octanol–water partition coefficient (Wildman–Crippen LogP) is 4.78. The molecule has 0 radical (unpaired) electrons. The predicted molar refractivity (Wildman–Crippen MR) is 86.4 cm³/mol. The summed E-state index contributed by atoms with van der Waals surface area (Å²) in [6, 6.07) is 10.1. The van der Waals surface area contributed by atoms with Crippen molar-refractivity contribution in [3.05, 3.63) is 50.6 Å². The van der Waals surface area contributed by atoms with Gasteiger partial charge in [0.15, 0.2) is 0 Å². The number of thiophene rings is 2. The van der Waals surface area contributed by atoms with Crippen LogP contribution in [0.4, 0.5) is 0 Å². The van der Waals surface area contributed by atoms with Crippen LogP contribution in [0.2, 0.25) is 0 Å². The molecule has 2 heterocycles. The average molecular weight is 354 g/mol. The van der Waals surface area contributed by atoms with Gasteiger partial charge in [-0.3, -0.25) is 0 Å². The van der Waals surface area contributed by atoms with E-state index in [0.29, 0.717) is 0 Å². The molecule has 0 saturated carbocycles. The van der Waals surface area contributed by atoms with E-state index in [1.165, 1.54) is 14.3 Å². The highest BCUT2D eigenvalue weighted by Crippen LogP contribution is 2.37. The SMILES string of the molecule is COc1ccc(C(N)c2cc3sccc3s2)c(Br)c1. The maximum atomic E-state index is 6.38. The van der Waals surface area contributed by atoms with Gasteiger partial charge < -0.3 is 10.5 Å². The molecule has 19 heavy (non-hydrogen) atoms. The first kappa shape index (κ1) is 13.1. The Balaban J connectivity index is 1.99. The fourth-order valence-electron chi connectivity index (χ4n) is 1.98. The summed E-state index contributed by atoms with van der Waals surface area (Å²) in [6.07, 6.45) is 0.